The molecule has 1 aromatic rings. The summed E-state index contributed by atoms with van der Waals surface area (Å²) < 4.78 is 18.5. The molecule has 0 aliphatic carbocycles. The first-order valence-electron chi connectivity index (χ1n) is 5.19. The molecule has 1 heterocycles. The molecule has 2 rings (SSSR count). The molecular weight excluding hydrogens is 195 g/mol. The largest absolute Gasteiger partial charge is 0.385 e. The van der Waals surface area contributed by atoms with E-state index in [1.807, 2.05) is 0 Å². The first-order valence-corrected chi connectivity index (χ1v) is 5.19. The molecule has 1 aromatic carbocycles. The highest BCUT2D eigenvalue weighted by Crippen LogP contribution is 2.32. The molecule has 1 aliphatic heterocycles. The van der Waals surface area contributed by atoms with Crippen LogP contribution in [0.1, 0.15) is 24.0 Å². The maximum atomic E-state index is 13.4. The standard InChI is InChI=1S/C12H15FO2/c1-9-2-3-10(8-11(9)13)12(14)4-6-15-7-5-12/h2-3,8,14H,4-7H2,1H3. The van der Waals surface area contributed by atoms with Crippen molar-refractivity contribution in [3.05, 3.63) is 35.1 Å². The maximum Gasteiger partial charge on any atom is 0.126 e. The number of hydrogen-bond acceptors (Lipinski definition) is 2. The van der Waals surface area contributed by atoms with E-state index in [-0.39, 0.29) is 5.82 Å². The topological polar surface area (TPSA) is 29.5 Å². The lowest BCUT2D eigenvalue weighted by Crippen LogP contribution is -2.33. The van der Waals surface area contributed by atoms with Crippen LogP contribution >= 0.6 is 0 Å². The number of benzene rings is 1. The van der Waals surface area contributed by atoms with Gasteiger partial charge < -0.3 is 9.84 Å². The third kappa shape index (κ3) is 2.03. The van der Waals surface area contributed by atoms with E-state index in [1.165, 1.54) is 6.07 Å². The van der Waals surface area contributed by atoms with E-state index < -0.39 is 5.60 Å². The molecule has 0 spiro atoms. The Bertz CT molecular complexity index is 357. The molecule has 1 fully saturated rings. The Morgan fingerprint density at radius 2 is 2.00 bits per heavy atom. The van der Waals surface area contributed by atoms with E-state index in [0.29, 0.717) is 37.2 Å². The first kappa shape index (κ1) is 10.6. The van der Waals surface area contributed by atoms with E-state index in [9.17, 15) is 9.50 Å². The Hall–Kier alpha value is -0.930. The van der Waals surface area contributed by atoms with Crippen LogP contribution in [-0.4, -0.2) is 18.3 Å². The Kier molecular flexibility index (Phi) is 2.76. The fourth-order valence-corrected chi connectivity index (χ4v) is 1.88. The van der Waals surface area contributed by atoms with E-state index in [1.54, 1.807) is 19.1 Å². The van der Waals surface area contributed by atoms with Crippen LogP contribution in [-0.2, 0) is 10.3 Å². The number of rotatable bonds is 1. The number of hydrogen-bond donors (Lipinski definition) is 1. The van der Waals surface area contributed by atoms with Gasteiger partial charge in [0.2, 0.25) is 0 Å². The SMILES string of the molecule is Cc1ccc(C2(O)CCOCC2)cc1F. The van der Waals surface area contributed by atoms with Gasteiger partial charge in [0, 0.05) is 26.1 Å². The molecule has 82 valence electrons. The quantitative estimate of drug-likeness (QED) is 0.769. The highest BCUT2D eigenvalue weighted by molar-refractivity contribution is 5.28. The van der Waals surface area contributed by atoms with Gasteiger partial charge >= 0.3 is 0 Å². The van der Waals surface area contributed by atoms with Gasteiger partial charge in [-0.2, -0.15) is 0 Å². The fraction of sp³-hybridized carbons (Fsp3) is 0.500. The van der Waals surface area contributed by atoms with E-state index in [2.05, 4.69) is 0 Å². The lowest BCUT2D eigenvalue weighted by atomic mass is 9.86. The Balaban J connectivity index is 2.31. The lowest BCUT2D eigenvalue weighted by Gasteiger charge is -2.32. The van der Waals surface area contributed by atoms with Crippen molar-refractivity contribution >= 4 is 0 Å². The van der Waals surface area contributed by atoms with E-state index in [4.69, 9.17) is 4.74 Å². The predicted molar refractivity (Wildman–Crippen MR) is 55.1 cm³/mol. The maximum absolute atomic E-state index is 13.4. The second kappa shape index (κ2) is 3.91. The zero-order chi connectivity index (χ0) is 10.9. The van der Waals surface area contributed by atoms with Crippen molar-refractivity contribution < 1.29 is 14.2 Å². The molecule has 3 heteroatoms. The monoisotopic (exact) mass is 210 g/mol. The number of aliphatic hydroxyl groups is 1. The number of aryl methyl sites for hydroxylation is 1. The molecule has 2 nitrogen and oxygen atoms in total. The molecule has 0 radical (unpaired) electrons. The molecule has 0 saturated carbocycles. The van der Waals surface area contributed by atoms with Gasteiger partial charge in [0.15, 0.2) is 0 Å². The predicted octanol–water partition coefficient (Wildman–Crippen LogP) is 2.13. The highest BCUT2D eigenvalue weighted by atomic mass is 19.1. The number of halogens is 1. The molecular formula is C12H15FO2. The van der Waals surface area contributed by atoms with Gasteiger partial charge in [-0.3, -0.25) is 0 Å². The number of ether oxygens (including phenoxy) is 1. The second-order valence-corrected chi connectivity index (χ2v) is 4.11. The summed E-state index contributed by atoms with van der Waals surface area (Å²) in [6, 6.07) is 4.93. The zero-order valence-corrected chi connectivity index (χ0v) is 8.79. The molecule has 1 aliphatic rings. The molecule has 0 atom stereocenters. The van der Waals surface area contributed by atoms with Crippen molar-refractivity contribution in [2.75, 3.05) is 13.2 Å². The molecule has 1 saturated heterocycles. The second-order valence-electron chi connectivity index (χ2n) is 4.11. The van der Waals surface area contributed by atoms with Crippen molar-refractivity contribution in [2.45, 2.75) is 25.4 Å². The van der Waals surface area contributed by atoms with Crippen molar-refractivity contribution in [1.82, 2.24) is 0 Å². The Morgan fingerprint density at radius 1 is 1.33 bits per heavy atom. The summed E-state index contributed by atoms with van der Waals surface area (Å²) in [6.45, 7) is 2.78. The average molecular weight is 210 g/mol. The summed E-state index contributed by atoms with van der Waals surface area (Å²) in [7, 11) is 0. The van der Waals surface area contributed by atoms with Gasteiger partial charge in [0.1, 0.15) is 5.82 Å². The van der Waals surface area contributed by atoms with Crippen LogP contribution in [0.15, 0.2) is 18.2 Å². The van der Waals surface area contributed by atoms with Crippen molar-refractivity contribution in [1.29, 1.82) is 0 Å². The molecule has 0 unspecified atom stereocenters. The minimum absolute atomic E-state index is 0.257. The van der Waals surface area contributed by atoms with Crippen LogP contribution in [0.3, 0.4) is 0 Å². The summed E-state index contributed by atoms with van der Waals surface area (Å²) in [5, 5.41) is 10.3. The van der Waals surface area contributed by atoms with Crippen molar-refractivity contribution in [3.8, 4) is 0 Å². The molecule has 0 bridgehead atoms. The fourth-order valence-electron chi connectivity index (χ4n) is 1.88. The summed E-state index contributed by atoms with van der Waals surface area (Å²) in [4.78, 5) is 0. The Morgan fingerprint density at radius 3 is 2.60 bits per heavy atom. The highest BCUT2D eigenvalue weighted by Gasteiger charge is 2.32. The van der Waals surface area contributed by atoms with Crippen LogP contribution in [0, 0.1) is 12.7 Å². The first-order chi connectivity index (χ1) is 7.12. The van der Waals surface area contributed by atoms with E-state index in [0.717, 1.165) is 0 Å². The van der Waals surface area contributed by atoms with Gasteiger partial charge in [0.25, 0.3) is 0 Å². The van der Waals surface area contributed by atoms with Crippen molar-refractivity contribution in [3.63, 3.8) is 0 Å². The molecule has 0 amide bonds. The van der Waals surface area contributed by atoms with Gasteiger partial charge in [-0.25, -0.2) is 4.39 Å². The molecule has 1 N–H and O–H groups in total. The van der Waals surface area contributed by atoms with Crippen LogP contribution < -0.4 is 0 Å². The third-order valence-corrected chi connectivity index (χ3v) is 3.03. The summed E-state index contributed by atoms with van der Waals surface area (Å²) in [6.07, 6.45) is 1.07. The zero-order valence-electron chi connectivity index (χ0n) is 8.79. The Labute approximate surface area is 88.7 Å². The molecule has 15 heavy (non-hydrogen) atoms. The lowest BCUT2D eigenvalue weighted by molar-refractivity contribution is -0.0680. The van der Waals surface area contributed by atoms with Gasteiger partial charge in [-0.05, 0) is 24.1 Å². The molecule has 0 aromatic heterocycles. The smallest absolute Gasteiger partial charge is 0.126 e. The van der Waals surface area contributed by atoms with Crippen LogP contribution in [0.5, 0.6) is 0 Å². The van der Waals surface area contributed by atoms with Crippen molar-refractivity contribution in [2.24, 2.45) is 0 Å². The van der Waals surface area contributed by atoms with Crippen LogP contribution in [0.25, 0.3) is 0 Å². The summed E-state index contributed by atoms with van der Waals surface area (Å²) in [5.74, 6) is -0.257. The minimum atomic E-state index is -0.910. The normalized spacial score (nSPS) is 20.2. The third-order valence-electron chi connectivity index (χ3n) is 3.03. The average Bonchev–Trinajstić information content (AvgIpc) is 2.23. The minimum Gasteiger partial charge on any atom is -0.385 e. The summed E-state index contributed by atoms with van der Waals surface area (Å²) in [5.41, 5.74) is 0.357. The van der Waals surface area contributed by atoms with Crippen LogP contribution in [0.4, 0.5) is 4.39 Å². The summed E-state index contributed by atoms with van der Waals surface area (Å²) >= 11 is 0. The van der Waals surface area contributed by atoms with Gasteiger partial charge in [-0.15, -0.1) is 0 Å². The van der Waals surface area contributed by atoms with Gasteiger partial charge in [0.05, 0.1) is 5.60 Å². The van der Waals surface area contributed by atoms with Gasteiger partial charge in [-0.1, -0.05) is 12.1 Å². The van der Waals surface area contributed by atoms with E-state index >= 15 is 0 Å². The van der Waals surface area contributed by atoms with Crippen LogP contribution in [0.2, 0.25) is 0 Å².